The Hall–Kier alpha value is -4.81. The number of urea groups is 1. The summed E-state index contributed by atoms with van der Waals surface area (Å²) in [6.45, 7) is 5.77. The predicted octanol–water partition coefficient (Wildman–Crippen LogP) is 4.84. The summed E-state index contributed by atoms with van der Waals surface area (Å²) < 4.78 is 40.9. The summed E-state index contributed by atoms with van der Waals surface area (Å²) in [4.78, 5) is 40.4. The average Bonchev–Trinajstić information content (AvgIpc) is 3.20. The first-order valence-corrected chi connectivity index (χ1v) is 12.0. The summed E-state index contributed by atoms with van der Waals surface area (Å²) in [5.41, 5.74) is 5.12. The number of nitrogens with one attached hydrogen (secondary N) is 3. The monoisotopic (exact) mass is 537 g/mol. The number of nitrogens with zero attached hydrogens (tertiary/aromatic N) is 5. The summed E-state index contributed by atoms with van der Waals surface area (Å²) in [5, 5.41) is 5.38. The molecule has 3 N–H and O–H groups in total. The number of hydrogen-bond donors (Lipinski definition) is 3. The lowest BCUT2D eigenvalue weighted by Gasteiger charge is -2.30. The number of aliphatic imine (C=N–C) groups is 1. The second kappa shape index (κ2) is 9.82. The van der Waals surface area contributed by atoms with Gasteiger partial charge in [0.05, 0.1) is 17.8 Å². The van der Waals surface area contributed by atoms with Crippen LogP contribution in [0.5, 0.6) is 0 Å². The van der Waals surface area contributed by atoms with Gasteiger partial charge in [-0.15, -0.1) is 5.43 Å². The van der Waals surface area contributed by atoms with Crippen molar-refractivity contribution in [1.82, 2.24) is 9.97 Å². The van der Waals surface area contributed by atoms with Gasteiger partial charge >= 0.3 is 12.2 Å². The van der Waals surface area contributed by atoms with Gasteiger partial charge in [0, 0.05) is 29.9 Å². The highest BCUT2D eigenvalue weighted by atomic mass is 19.4. The van der Waals surface area contributed by atoms with E-state index in [1.807, 2.05) is 20.1 Å². The quantitative estimate of drug-likeness (QED) is 0.403. The maximum Gasteiger partial charge on any atom is 0.416 e. The van der Waals surface area contributed by atoms with Gasteiger partial charge in [-0.3, -0.25) is 15.0 Å². The fourth-order valence-corrected chi connectivity index (χ4v) is 4.25. The highest BCUT2D eigenvalue weighted by Crippen LogP contribution is 2.32. The van der Waals surface area contributed by atoms with Crippen LogP contribution in [0.3, 0.4) is 0 Å². The molecule has 0 saturated heterocycles. The van der Waals surface area contributed by atoms with Gasteiger partial charge in [0.1, 0.15) is 11.5 Å². The van der Waals surface area contributed by atoms with E-state index in [0.29, 0.717) is 28.7 Å². The van der Waals surface area contributed by atoms with Gasteiger partial charge in [0.15, 0.2) is 0 Å². The number of benzene rings is 2. The molecule has 0 bridgehead atoms. The largest absolute Gasteiger partial charge is 0.416 e. The number of anilines is 4. The lowest BCUT2D eigenvalue weighted by atomic mass is 10.1. The molecule has 3 amide bonds. The predicted molar refractivity (Wildman–Crippen MR) is 140 cm³/mol. The highest BCUT2D eigenvalue weighted by Gasteiger charge is 2.31. The lowest BCUT2D eigenvalue weighted by Crippen LogP contribution is -2.40. The van der Waals surface area contributed by atoms with Gasteiger partial charge in [-0.05, 0) is 49.7 Å². The van der Waals surface area contributed by atoms with Crippen molar-refractivity contribution >= 4 is 47.0 Å². The summed E-state index contributed by atoms with van der Waals surface area (Å²) in [6, 6.07) is 8.65. The number of alkyl halides is 3. The molecule has 0 aliphatic carbocycles. The van der Waals surface area contributed by atoms with Crippen LogP contribution in [0.4, 0.5) is 41.1 Å². The number of halogens is 3. The molecule has 1 aromatic heterocycles. The summed E-state index contributed by atoms with van der Waals surface area (Å²) in [7, 11) is 0. The third kappa shape index (κ3) is 5.42. The summed E-state index contributed by atoms with van der Waals surface area (Å²) >= 11 is 0. The second-order valence-corrected chi connectivity index (χ2v) is 9.17. The molecular weight excluding hydrogens is 513 g/mol. The van der Waals surface area contributed by atoms with Crippen LogP contribution in [0.25, 0.3) is 0 Å². The Morgan fingerprint density at radius 1 is 1.18 bits per heavy atom. The number of hydrazine groups is 1. The maximum atomic E-state index is 13.1. The van der Waals surface area contributed by atoms with Crippen LogP contribution >= 0.6 is 0 Å². The van der Waals surface area contributed by atoms with Crippen LogP contribution in [0.1, 0.15) is 40.9 Å². The molecule has 0 radical (unpaired) electrons. The van der Waals surface area contributed by atoms with E-state index in [2.05, 4.69) is 31.0 Å². The van der Waals surface area contributed by atoms with Crippen LogP contribution in [0, 0.1) is 6.92 Å². The molecule has 1 atom stereocenters. The smallest absolute Gasteiger partial charge is 0.322 e. The number of amides is 3. The zero-order valence-corrected chi connectivity index (χ0v) is 21.2. The van der Waals surface area contributed by atoms with E-state index in [-0.39, 0.29) is 18.3 Å². The Morgan fingerprint density at radius 2 is 1.97 bits per heavy atom. The van der Waals surface area contributed by atoms with Crippen molar-refractivity contribution in [2.24, 2.45) is 4.99 Å². The molecule has 2 aliphatic heterocycles. The number of hydrogen-bond acceptors (Lipinski definition) is 6. The first-order chi connectivity index (χ1) is 18.5. The second-order valence-electron chi connectivity index (χ2n) is 9.17. The maximum absolute atomic E-state index is 13.1. The molecule has 0 fully saturated rings. The number of rotatable bonds is 5. The SMILES string of the molecule is CC1=NC(C)[N+](Nc2ncc3c(n2)NC(=O)N(c2cc(NC(=O)c4cccc(C(F)(F)F)c4)ccc2C)C3)=C1. The minimum atomic E-state index is -4.57. The Morgan fingerprint density at radius 3 is 2.69 bits per heavy atom. The third-order valence-electron chi connectivity index (χ3n) is 6.22. The molecule has 13 heteroatoms. The zero-order chi connectivity index (χ0) is 27.9. The molecule has 2 aliphatic rings. The van der Waals surface area contributed by atoms with Crippen molar-refractivity contribution in [3.8, 4) is 0 Å². The van der Waals surface area contributed by atoms with Gasteiger partial charge in [-0.1, -0.05) is 16.8 Å². The Labute approximate surface area is 221 Å². The summed E-state index contributed by atoms with van der Waals surface area (Å²) in [6.07, 6.45) is -1.25. The van der Waals surface area contributed by atoms with Crippen LogP contribution in [-0.2, 0) is 12.7 Å². The van der Waals surface area contributed by atoms with Gasteiger partial charge in [-0.2, -0.15) is 18.2 Å². The topological polar surface area (TPSA) is 115 Å². The van der Waals surface area contributed by atoms with Gasteiger partial charge in [0.2, 0.25) is 6.21 Å². The van der Waals surface area contributed by atoms with E-state index in [0.717, 1.165) is 23.4 Å². The minimum absolute atomic E-state index is 0.126. The first-order valence-electron chi connectivity index (χ1n) is 12.0. The zero-order valence-electron chi connectivity index (χ0n) is 21.2. The Kier molecular flexibility index (Phi) is 6.50. The van der Waals surface area contributed by atoms with E-state index in [9.17, 15) is 22.8 Å². The number of aryl methyl sites for hydroxylation is 1. The minimum Gasteiger partial charge on any atom is -0.322 e. The Bertz CT molecular complexity index is 1550. The highest BCUT2D eigenvalue weighted by molar-refractivity contribution is 6.28. The molecule has 3 aromatic rings. The van der Waals surface area contributed by atoms with E-state index in [1.165, 1.54) is 17.0 Å². The average molecular weight is 538 g/mol. The fourth-order valence-electron chi connectivity index (χ4n) is 4.25. The van der Waals surface area contributed by atoms with Crippen molar-refractivity contribution in [2.75, 3.05) is 21.0 Å². The molecule has 3 heterocycles. The molecule has 0 saturated carbocycles. The summed E-state index contributed by atoms with van der Waals surface area (Å²) in [5.74, 6) is -0.0428. The van der Waals surface area contributed by atoms with Crippen molar-refractivity contribution in [1.29, 1.82) is 0 Å². The van der Waals surface area contributed by atoms with Crippen molar-refractivity contribution in [3.05, 3.63) is 70.9 Å². The number of carbonyl (C=O) groups excluding carboxylic acids is 2. The molecule has 200 valence electrons. The van der Waals surface area contributed by atoms with Crippen LogP contribution in [0.15, 0.2) is 53.7 Å². The van der Waals surface area contributed by atoms with Crippen LogP contribution < -0.4 is 21.0 Å². The number of aromatic nitrogens is 2. The normalized spacial score (nSPS) is 16.7. The van der Waals surface area contributed by atoms with Crippen molar-refractivity contribution in [3.63, 3.8) is 0 Å². The van der Waals surface area contributed by atoms with Crippen molar-refractivity contribution in [2.45, 2.75) is 39.7 Å². The number of fused-ring (bicyclic) bond motifs is 1. The fraction of sp³-hybridized carbons (Fsp3) is 0.231. The van der Waals surface area contributed by atoms with Gasteiger partial charge in [0.25, 0.3) is 18.0 Å². The molecule has 2 aromatic carbocycles. The molecule has 39 heavy (non-hydrogen) atoms. The van der Waals surface area contributed by atoms with Crippen molar-refractivity contribution < 1.29 is 27.4 Å². The van der Waals surface area contributed by atoms with E-state index >= 15 is 0 Å². The van der Waals surface area contributed by atoms with E-state index in [4.69, 9.17) is 0 Å². The van der Waals surface area contributed by atoms with E-state index in [1.54, 1.807) is 36.0 Å². The third-order valence-corrected chi connectivity index (χ3v) is 6.22. The number of hydrazone groups is 1. The molecule has 5 rings (SSSR count). The van der Waals surface area contributed by atoms with Crippen LogP contribution in [-0.4, -0.2) is 44.7 Å². The molecular formula is C26H24F3N8O2+. The molecule has 10 nitrogen and oxygen atoms in total. The molecule has 0 spiro atoms. The van der Waals surface area contributed by atoms with Crippen LogP contribution in [0.2, 0.25) is 0 Å². The standard InChI is InChI=1S/C26H23F3N8O2/c1-14-7-8-20(32-23(38)17-5-4-6-19(9-17)26(27,28)29)10-21(14)36-13-18-11-30-24(33-22(18)34-25(36)39)35-37-12-15(2)31-16(37)3/h4-12,16H,13H2,1-3H3,(H2-,30,31,32,33,34,35,38,39)/p+1. The lowest BCUT2D eigenvalue weighted by molar-refractivity contribution is -0.522. The Balaban J connectivity index is 1.34. The van der Waals surface area contributed by atoms with E-state index < -0.39 is 23.7 Å². The van der Waals surface area contributed by atoms with Gasteiger partial charge in [-0.25, -0.2) is 14.8 Å². The van der Waals surface area contributed by atoms with Gasteiger partial charge < -0.3 is 5.32 Å². The number of carbonyl (C=O) groups is 2. The first kappa shape index (κ1) is 25.8. The molecule has 1 unspecified atom stereocenters.